The Balaban J connectivity index is 2.63. The molecule has 94 valence electrons. The first-order valence-electron chi connectivity index (χ1n) is 5.10. The molecule has 2 N–H and O–H groups in total. The predicted molar refractivity (Wildman–Crippen MR) is 55.0 cm³/mol. The molecular weight excluding hydrogens is 235 g/mol. The summed E-state index contributed by atoms with van der Waals surface area (Å²) in [5, 5.41) is 10.9. The Morgan fingerprint density at radius 3 is 2.29 bits per heavy atom. The Kier molecular flexibility index (Phi) is 4.96. The molecule has 1 aromatic rings. The molecule has 0 spiro atoms. The third-order valence-electron chi connectivity index (χ3n) is 2.12. The van der Waals surface area contributed by atoms with Crippen molar-refractivity contribution >= 4 is 5.91 Å². The van der Waals surface area contributed by atoms with Gasteiger partial charge in [0.1, 0.15) is 0 Å². The molecule has 1 rings (SSSR count). The fourth-order valence-electron chi connectivity index (χ4n) is 1.23. The van der Waals surface area contributed by atoms with Gasteiger partial charge in [0, 0.05) is 18.7 Å². The van der Waals surface area contributed by atoms with E-state index in [1.165, 1.54) is 0 Å². The molecule has 0 aromatic heterocycles. The summed E-state index contributed by atoms with van der Waals surface area (Å²) < 4.78 is 38.2. The first-order chi connectivity index (χ1) is 8.06. The van der Waals surface area contributed by atoms with Crippen molar-refractivity contribution in [1.29, 1.82) is 0 Å². The second kappa shape index (κ2) is 6.24. The van der Waals surface area contributed by atoms with E-state index in [0.29, 0.717) is 25.0 Å². The molecule has 0 aliphatic rings. The minimum atomic E-state index is -1.60. The topological polar surface area (TPSA) is 49.3 Å². The molecule has 0 atom stereocenters. The van der Waals surface area contributed by atoms with Crippen LogP contribution in [-0.4, -0.2) is 24.2 Å². The summed E-state index contributed by atoms with van der Waals surface area (Å²) >= 11 is 0. The van der Waals surface area contributed by atoms with E-state index in [9.17, 15) is 18.0 Å². The number of hydrogen-bond donors (Lipinski definition) is 2. The zero-order chi connectivity index (χ0) is 12.8. The number of nitrogens with one attached hydrogen (secondary N) is 1. The van der Waals surface area contributed by atoms with E-state index < -0.39 is 23.4 Å². The van der Waals surface area contributed by atoms with Crippen LogP contribution in [0.1, 0.15) is 23.2 Å². The standard InChI is InChI=1S/C11H12F3NO2/c12-8-5-7(6-9(13)10(8)14)11(17)15-3-1-2-4-16/h5-6,16H,1-4H2,(H,15,17). The van der Waals surface area contributed by atoms with Gasteiger partial charge in [0.25, 0.3) is 5.91 Å². The minimum absolute atomic E-state index is 0.00960. The van der Waals surface area contributed by atoms with Gasteiger partial charge in [-0.2, -0.15) is 0 Å². The van der Waals surface area contributed by atoms with Crippen LogP contribution >= 0.6 is 0 Å². The molecule has 1 aromatic carbocycles. The van der Waals surface area contributed by atoms with E-state index >= 15 is 0 Å². The van der Waals surface area contributed by atoms with Crippen LogP contribution in [0.25, 0.3) is 0 Å². The largest absolute Gasteiger partial charge is 0.396 e. The first-order valence-corrected chi connectivity index (χ1v) is 5.10. The Morgan fingerprint density at radius 1 is 1.18 bits per heavy atom. The Labute approximate surface area is 96.3 Å². The van der Waals surface area contributed by atoms with Gasteiger partial charge >= 0.3 is 0 Å². The lowest BCUT2D eigenvalue weighted by Crippen LogP contribution is -2.25. The monoisotopic (exact) mass is 247 g/mol. The van der Waals surface area contributed by atoms with Gasteiger partial charge in [0.15, 0.2) is 17.5 Å². The van der Waals surface area contributed by atoms with Crippen molar-refractivity contribution in [1.82, 2.24) is 5.32 Å². The molecule has 0 unspecified atom stereocenters. The molecule has 0 aliphatic heterocycles. The van der Waals surface area contributed by atoms with Crippen molar-refractivity contribution in [3.05, 3.63) is 35.1 Å². The van der Waals surface area contributed by atoms with Gasteiger partial charge in [-0.05, 0) is 25.0 Å². The number of rotatable bonds is 5. The summed E-state index contributed by atoms with van der Waals surface area (Å²) in [7, 11) is 0. The second-order valence-corrected chi connectivity index (χ2v) is 3.44. The summed E-state index contributed by atoms with van der Waals surface area (Å²) in [4.78, 5) is 11.4. The van der Waals surface area contributed by atoms with E-state index in [2.05, 4.69) is 5.32 Å². The van der Waals surface area contributed by atoms with Gasteiger partial charge in [-0.3, -0.25) is 4.79 Å². The molecule has 0 saturated carbocycles. The molecule has 0 radical (unpaired) electrons. The number of benzene rings is 1. The number of aliphatic hydroxyl groups excluding tert-OH is 1. The SMILES string of the molecule is O=C(NCCCCO)c1cc(F)c(F)c(F)c1. The number of amides is 1. The fraction of sp³-hybridized carbons (Fsp3) is 0.364. The average Bonchev–Trinajstić information content (AvgIpc) is 2.30. The molecule has 6 heteroatoms. The number of carbonyl (C=O) groups is 1. The summed E-state index contributed by atoms with van der Waals surface area (Å²) in [5.74, 6) is -5.07. The highest BCUT2D eigenvalue weighted by molar-refractivity contribution is 5.94. The zero-order valence-electron chi connectivity index (χ0n) is 8.97. The highest BCUT2D eigenvalue weighted by atomic mass is 19.2. The van der Waals surface area contributed by atoms with Crippen LogP contribution in [0.2, 0.25) is 0 Å². The highest BCUT2D eigenvalue weighted by Crippen LogP contribution is 2.13. The quantitative estimate of drug-likeness (QED) is 0.613. The smallest absolute Gasteiger partial charge is 0.251 e. The fourth-order valence-corrected chi connectivity index (χ4v) is 1.23. The van der Waals surface area contributed by atoms with Gasteiger partial charge < -0.3 is 10.4 Å². The van der Waals surface area contributed by atoms with Crippen LogP contribution in [0.4, 0.5) is 13.2 Å². The van der Waals surface area contributed by atoms with Crippen LogP contribution in [0.15, 0.2) is 12.1 Å². The van der Waals surface area contributed by atoms with Crippen molar-refractivity contribution < 1.29 is 23.1 Å². The highest BCUT2D eigenvalue weighted by Gasteiger charge is 2.14. The molecule has 0 aliphatic carbocycles. The number of aliphatic hydroxyl groups is 1. The van der Waals surface area contributed by atoms with Crippen molar-refractivity contribution in [3.63, 3.8) is 0 Å². The molecule has 1 amide bonds. The lowest BCUT2D eigenvalue weighted by Gasteiger charge is -2.05. The van der Waals surface area contributed by atoms with E-state index in [1.54, 1.807) is 0 Å². The third-order valence-corrected chi connectivity index (χ3v) is 2.12. The third kappa shape index (κ3) is 3.74. The second-order valence-electron chi connectivity index (χ2n) is 3.44. The predicted octanol–water partition coefficient (Wildman–Crippen LogP) is 1.61. The van der Waals surface area contributed by atoms with Crippen LogP contribution in [-0.2, 0) is 0 Å². The average molecular weight is 247 g/mol. The van der Waals surface area contributed by atoms with E-state index in [1.807, 2.05) is 0 Å². The molecule has 17 heavy (non-hydrogen) atoms. The normalized spacial score (nSPS) is 10.4. The summed E-state index contributed by atoms with van der Waals surface area (Å²) in [6, 6.07) is 1.28. The summed E-state index contributed by atoms with van der Waals surface area (Å²) in [5.41, 5.74) is -0.273. The van der Waals surface area contributed by atoms with Crippen LogP contribution in [0.3, 0.4) is 0 Å². The minimum Gasteiger partial charge on any atom is -0.396 e. The van der Waals surface area contributed by atoms with Gasteiger partial charge in [-0.15, -0.1) is 0 Å². The van der Waals surface area contributed by atoms with Gasteiger partial charge in [-0.1, -0.05) is 0 Å². The molecular formula is C11H12F3NO2. The molecule has 3 nitrogen and oxygen atoms in total. The maximum Gasteiger partial charge on any atom is 0.251 e. The zero-order valence-corrected chi connectivity index (χ0v) is 8.97. The Bertz CT molecular complexity index is 387. The maximum atomic E-state index is 12.8. The van der Waals surface area contributed by atoms with Crippen molar-refractivity contribution in [2.24, 2.45) is 0 Å². The van der Waals surface area contributed by atoms with E-state index in [4.69, 9.17) is 5.11 Å². The summed E-state index contributed by atoms with van der Waals surface area (Å²) in [6.45, 7) is 0.287. The molecule has 0 bridgehead atoms. The number of carbonyl (C=O) groups excluding carboxylic acids is 1. The summed E-state index contributed by atoms with van der Waals surface area (Å²) in [6.07, 6.45) is 1.07. The number of hydrogen-bond acceptors (Lipinski definition) is 2. The lowest BCUT2D eigenvalue weighted by molar-refractivity contribution is 0.0951. The van der Waals surface area contributed by atoms with Crippen molar-refractivity contribution in [3.8, 4) is 0 Å². The maximum absolute atomic E-state index is 12.8. The molecule has 0 fully saturated rings. The Hall–Kier alpha value is -1.56. The van der Waals surface area contributed by atoms with Crippen LogP contribution in [0, 0.1) is 17.5 Å². The molecule has 0 heterocycles. The van der Waals surface area contributed by atoms with Crippen LogP contribution in [0.5, 0.6) is 0 Å². The van der Waals surface area contributed by atoms with Gasteiger partial charge in [0.2, 0.25) is 0 Å². The molecule has 0 saturated heterocycles. The van der Waals surface area contributed by atoms with Crippen LogP contribution < -0.4 is 5.32 Å². The number of unbranched alkanes of at least 4 members (excludes halogenated alkanes) is 1. The van der Waals surface area contributed by atoms with Crippen molar-refractivity contribution in [2.45, 2.75) is 12.8 Å². The first kappa shape index (κ1) is 13.5. The van der Waals surface area contributed by atoms with Crippen molar-refractivity contribution in [2.75, 3.05) is 13.2 Å². The van der Waals surface area contributed by atoms with Gasteiger partial charge in [0.05, 0.1) is 0 Å². The van der Waals surface area contributed by atoms with Gasteiger partial charge in [-0.25, -0.2) is 13.2 Å². The number of halogens is 3. The van der Waals surface area contributed by atoms with E-state index in [-0.39, 0.29) is 18.7 Å². The Morgan fingerprint density at radius 2 is 1.76 bits per heavy atom. The lowest BCUT2D eigenvalue weighted by atomic mass is 10.2. The van der Waals surface area contributed by atoms with E-state index in [0.717, 1.165) is 0 Å².